The summed E-state index contributed by atoms with van der Waals surface area (Å²) in [5.41, 5.74) is 5.11. The number of ether oxygens (including phenoxy) is 2. The van der Waals surface area contributed by atoms with E-state index in [1.54, 1.807) is 4.57 Å². The highest BCUT2D eigenvalue weighted by atomic mass is 16.6. The standard InChI is InChI=1S/C30H41N3O4/c1-9-22-23-16-21(20-12-14-32(15-13-20)27(34)36-29(3,4)5)10-11-25(23)33(28(35)37-30(6,7)8)26(22)24-18-31-17-19(24)2/h10-11,16-18,20,31H,9,12-15H2,1-8H3. The first-order chi connectivity index (χ1) is 17.3. The Bertz CT molecular complexity index is 1290. The zero-order valence-electron chi connectivity index (χ0n) is 23.5. The van der Waals surface area contributed by atoms with Crippen molar-refractivity contribution in [2.24, 2.45) is 0 Å². The third-order valence-electron chi connectivity index (χ3n) is 6.85. The Kier molecular flexibility index (Phi) is 7.19. The van der Waals surface area contributed by atoms with Crippen LogP contribution in [0.5, 0.6) is 0 Å². The first kappa shape index (κ1) is 26.8. The summed E-state index contributed by atoms with van der Waals surface area (Å²) in [6, 6.07) is 6.43. The van der Waals surface area contributed by atoms with E-state index in [0.29, 0.717) is 19.0 Å². The van der Waals surface area contributed by atoms with Gasteiger partial charge in [-0.1, -0.05) is 13.0 Å². The predicted molar refractivity (Wildman–Crippen MR) is 147 cm³/mol. The molecule has 1 saturated heterocycles. The monoisotopic (exact) mass is 507 g/mol. The highest BCUT2D eigenvalue weighted by Gasteiger charge is 2.30. The van der Waals surface area contributed by atoms with E-state index in [0.717, 1.165) is 52.5 Å². The van der Waals surface area contributed by atoms with Gasteiger partial charge in [0.2, 0.25) is 0 Å². The minimum absolute atomic E-state index is 0.240. The molecule has 0 atom stereocenters. The Morgan fingerprint density at radius 1 is 0.973 bits per heavy atom. The normalized spacial score (nSPS) is 15.3. The average molecular weight is 508 g/mol. The maximum atomic E-state index is 13.5. The summed E-state index contributed by atoms with van der Waals surface area (Å²) in [5, 5.41) is 1.08. The summed E-state index contributed by atoms with van der Waals surface area (Å²) in [5.74, 6) is 0.343. The molecule has 0 aliphatic carbocycles. The van der Waals surface area contributed by atoms with Gasteiger partial charge in [-0.3, -0.25) is 0 Å². The third-order valence-corrected chi connectivity index (χ3v) is 6.85. The number of carbonyl (C=O) groups is 2. The molecule has 0 bridgehead atoms. The van der Waals surface area contributed by atoms with Crippen molar-refractivity contribution in [2.45, 2.75) is 91.8 Å². The number of H-pyrrole nitrogens is 1. The molecule has 7 nitrogen and oxygen atoms in total. The lowest BCUT2D eigenvalue weighted by atomic mass is 9.88. The fourth-order valence-electron chi connectivity index (χ4n) is 5.18. The van der Waals surface area contributed by atoms with E-state index in [2.05, 4.69) is 30.1 Å². The topological polar surface area (TPSA) is 76.6 Å². The summed E-state index contributed by atoms with van der Waals surface area (Å²) in [7, 11) is 0. The van der Waals surface area contributed by atoms with E-state index in [4.69, 9.17) is 9.47 Å². The molecule has 4 rings (SSSR count). The van der Waals surface area contributed by atoms with Gasteiger partial charge in [-0.25, -0.2) is 14.2 Å². The van der Waals surface area contributed by atoms with Gasteiger partial charge in [-0.05, 0) is 102 Å². The van der Waals surface area contributed by atoms with Crippen LogP contribution in [0.3, 0.4) is 0 Å². The molecule has 0 unspecified atom stereocenters. The number of aromatic amines is 1. The number of carbonyl (C=O) groups excluding carboxylic acids is 2. The average Bonchev–Trinajstić information content (AvgIpc) is 3.36. The molecule has 1 fully saturated rings. The number of likely N-dealkylation sites (tertiary alicyclic amines) is 1. The molecule has 0 spiro atoms. The minimum Gasteiger partial charge on any atom is -0.444 e. The molecular formula is C30H41N3O4. The van der Waals surface area contributed by atoms with Crippen molar-refractivity contribution in [3.63, 3.8) is 0 Å². The molecule has 1 aliphatic heterocycles. The Morgan fingerprint density at radius 2 is 1.59 bits per heavy atom. The molecule has 7 heteroatoms. The van der Waals surface area contributed by atoms with Gasteiger partial charge in [0.05, 0.1) is 11.2 Å². The number of fused-ring (bicyclic) bond motifs is 1. The first-order valence-electron chi connectivity index (χ1n) is 13.3. The Balaban J connectivity index is 1.71. The van der Waals surface area contributed by atoms with Crippen LogP contribution in [-0.4, -0.2) is 50.9 Å². The number of hydrogen-bond donors (Lipinski definition) is 1. The molecule has 2 aromatic heterocycles. The van der Waals surface area contributed by atoms with Crippen LogP contribution in [0.25, 0.3) is 22.2 Å². The Labute approximate surface area is 220 Å². The minimum atomic E-state index is -0.605. The molecule has 1 N–H and O–H groups in total. The van der Waals surface area contributed by atoms with Crippen molar-refractivity contribution in [1.29, 1.82) is 0 Å². The smallest absolute Gasteiger partial charge is 0.419 e. The van der Waals surface area contributed by atoms with Crippen molar-refractivity contribution >= 4 is 23.1 Å². The van der Waals surface area contributed by atoms with Crippen molar-refractivity contribution in [2.75, 3.05) is 13.1 Å². The Morgan fingerprint density at radius 3 is 2.14 bits per heavy atom. The summed E-state index contributed by atoms with van der Waals surface area (Å²) < 4.78 is 13.2. The number of aromatic nitrogens is 2. The van der Waals surface area contributed by atoms with Gasteiger partial charge in [-0.2, -0.15) is 0 Å². The molecule has 1 aromatic carbocycles. The second-order valence-corrected chi connectivity index (χ2v) is 12.1. The van der Waals surface area contributed by atoms with Gasteiger partial charge >= 0.3 is 12.2 Å². The zero-order chi connectivity index (χ0) is 27.1. The maximum absolute atomic E-state index is 13.5. The lowest BCUT2D eigenvalue weighted by Gasteiger charge is -2.33. The molecule has 1 aliphatic rings. The third kappa shape index (κ3) is 5.71. The van der Waals surface area contributed by atoms with Crippen LogP contribution in [0.1, 0.15) is 83.9 Å². The van der Waals surface area contributed by atoms with Crippen LogP contribution < -0.4 is 0 Å². The number of benzene rings is 1. The molecule has 37 heavy (non-hydrogen) atoms. The maximum Gasteiger partial charge on any atom is 0.419 e. The van der Waals surface area contributed by atoms with Crippen LogP contribution >= 0.6 is 0 Å². The van der Waals surface area contributed by atoms with Crippen molar-refractivity contribution < 1.29 is 19.1 Å². The quantitative estimate of drug-likeness (QED) is 0.401. The highest BCUT2D eigenvalue weighted by Crippen LogP contribution is 2.39. The molecule has 1 amide bonds. The zero-order valence-corrected chi connectivity index (χ0v) is 23.5. The number of hydrogen-bond acceptors (Lipinski definition) is 4. The van der Waals surface area contributed by atoms with Gasteiger partial charge < -0.3 is 19.4 Å². The lowest BCUT2D eigenvalue weighted by Crippen LogP contribution is -2.41. The lowest BCUT2D eigenvalue weighted by molar-refractivity contribution is 0.0204. The van der Waals surface area contributed by atoms with Crippen LogP contribution in [0.15, 0.2) is 30.6 Å². The number of piperidine rings is 1. The van der Waals surface area contributed by atoms with Crippen molar-refractivity contribution in [3.8, 4) is 11.3 Å². The largest absolute Gasteiger partial charge is 0.444 e. The Hall–Kier alpha value is -3.22. The second-order valence-electron chi connectivity index (χ2n) is 12.1. The number of nitrogens with one attached hydrogen (secondary N) is 1. The summed E-state index contributed by atoms with van der Waals surface area (Å²) in [4.78, 5) is 31.0. The molecule has 0 radical (unpaired) electrons. The van der Waals surface area contributed by atoms with E-state index in [9.17, 15) is 9.59 Å². The van der Waals surface area contributed by atoms with Crippen LogP contribution in [0.4, 0.5) is 9.59 Å². The summed E-state index contributed by atoms with van der Waals surface area (Å²) in [6.45, 7) is 16.9. The van der Waals surface area contributed by atoms with Gasteiger partial charge in [-0.15, -0.1) is 0 Å². The van der Waals surface area contributed by atoms with Crippen molar-refractivity contribution in [1.82, 2.24) is 14.5 Å². The fraction of sp³-hybridized carbons (Fsp3) is 0.533. The van der Waals surface area contributed by atoms with E-state index in [1.165, 1.54) is 5.56 Å². The van der Waals surface area contributed by atoms with E-state index in [1.807, 2.05) is 65.8 Å². The van der Waals surface area contributed by atoms with Crippen LogP contribution in [0.2, 0.25) is 0 Å². The fourth-order valence-corrected chi connectivity index (χ4v) is 5.18. The highest BCUT2D eigenvalue weighted by molar-refractivity contribution is 6.00. The van der Waals surface area contributed by atoms with Crippen LogP contribution in [0, 0.1) is 6.92 Å². The number of nitrogens with zero attached hydrogens (tertiary/aromatic N) is 2. The summed E-state index contributed by atoms with van der Waals surface area (Å²) >= 11 is 0. The SMILES string of the molecule is CCc1c(-c2c[nH]cc2C)n(C(=O)OC(C)(C)C)c2ccc(C3CCN(C(=O)OC(C)(C)C)CC3)cc12. The van der Waals surface area contributed by atoms with Gasteiger partial charge in [0.25, 0.3) is 0 Å². The molecule has 200 valence electrons. The van der Waals surface area contributed by atoms with Gasteiger partial charge in [0, 0.05) is 36.4 Å². The number of aryl methyl sites for hydroxylation is 2. The molecule has 3 aromatic rings. The van der Waals surface area contributed by atoms with Gasteiger partial charge in [0.1, 0.15) is 11.2 Å². The van der Waals surface area contributed by atoms with Gasteiger partial charge in [0.15, 0.2) is 0 Å². The van der Waals surface area contributed by atoms with Crippen LogP contribution in [-0.2, 0) is 15.9 Å². The summed E-state index contributed by atoms with van der Waals surface area (Å²) in [6.07, 6.45) is 5.84. The number of rotatable bonds is 3. The number of amides is 1. The molecular weight excluding hydrogens is 466 g/mol. The second kappa shape index (κ2) is 9.92. The van der Waals surface area contributed by atoms with E-state index >= 15 is 0 Å². The first-order valence-corrected chi connectivity index (χ1v) is 13.3. The van der Waals surface area contributed by atoms with E-state index in [-0.39, 0.29) is 12.2 Å². The molecule has 3 heterocycles. The predicted octanol–water partition coefficient (Wildman–Crippen LogP) is 7.40. The van der Waals surface area contributed by atoms with E-state index < -0.39 is 11.2 Å². The van der Waals surface area contributed by atoms with Crippen molar-refractivity contribution in [3.05, 3.63) is 47.3 Å². The molecule has 0 saturated carbocycles.